The minimum absolute atomic E-state index is 0.0120. The Morgan fingerprint density at radius 3 is 2.76 bits per heavy atom. The quantitative estimate of drug-likeness (QED) is 0.391. The molecule has 1 aromatic carbocycles. The van der Waals surface area contributed by atoms with Crippen molar-refractivity contribution in [3.05, 3.63) is 47.6 Å². The van der Waals surface area contributed by atoms with Gasteiger partial charge in [0.2, 0.25) is 0 Å². The highest BCUT2D eigenvalue weighted by molar-refractivity contribution is 6.00. The summed E-state index contributed by atoms with van der Waals surface area (Å²) < 4.78 is 5.35. The van der Waals surface area contributed by atoms with Gasteiger partial charge in [-0.25, -0.2) is 4.79 Å². The minimum atomic E-state index is -0.663. The first-order valence-electron chi connectivity index (χ1n) is 12.0. The SMILES string of the molecule is CC1C=CCCCOC(=O)c2c(O)cc(O)cc2CC(=NOCC(=O)N2CCCCC2)C=CC1. The van der Waals surface area contributed by atoms with Crippen LogP contribution in [-0.2, 0) is 20.8 Å². The van der Waals surface area contributed by atoms with Gasteiger partial charge in [-0.2, -0.15) is 0 Å². The standard InChI is InChI=1S/C26H34N2O6/c1-19-9-4-2-7-14-33-26(32)25-20(16-22(29)17-23(25)30)15-21(11-8-10-19)27-34-18-24(31)28-12-5-3-6-13-28/h4,8-9,11,16-17,19,29-30H,2-3,5-7,10,12-15,18H2,1H3. The van der Waals surface area contributed by atoms with Crippen molar-refractivity contribution in [2.24, 2.45) is 11.1 Å². The van der Waals surface area contributed by atoms with E-state index in [1.165, 1.54) is 6.07 Å². The van der Waals surface area contributed by atoms with Crippen LogP contribution in [0.1, 0.15) is 61.4 Å². The van der Waals surface area contributed by atoms with E-state index in [0.29, 0.717) is 23.6 Å². The predicted octanol–water partition coefficient (Wildman–Crippen LogP) is 4.11. The van der Waals surface area contributed by atoms with E-state index in [2.05, 4.69) is 24.2 Å². The van der Waals surface area contributed by atoms with Gasteiger partial charge in [-0.15, -0.1) is 0 Å². The largest absolute Gasteiger partial charge is 0.508 e. The maximum Gasteiger partial charge on any atom is 0.342 e. The molecule has 2 N–H and O–H groups in total. The Kier molecular flexibility index (Phi) is 9.55. The molecule has 8 nitrogen and oxygen atoms in total. The number of carbonyl (C=O) groups excluding carboxylic acids is 2. The van der Waals surface area contributed by atoms with Crippen molar-refractivity contribution in [2.45, 2.75) is 51.9 Å². The number of hydrogen-bond acceptors (Lipinski definition) is 7. The third-order valence-corrected chi connectivity index (χ3v) is 5.87. The number of fused-ring (bicyclic) bond motifs is 1. The molecule has 2 aliphatic rings. The zero-order valence-corrected chi connectivity index (χ0v) is 19.7. The molecule has 0 bridgehead atoms. The van der Waals surface area contributed by atoms with Gasteiger partial charge < -0.3 is 24.7 Å². The maximum absolute atomic E-state index is 12.7. The molecule has 34 heavy (non-hydrogen) atoms. The molecule has 1 atom stereocenters. The van der Waals surface area contributed by atoms with E-state index in [-0.39, 0.29) is 42.6 Å². The van der Waals surface area contributed by atoms with Gasteiger partial charge >= 0.3 is 5.97 Å². The van der Waals surface area contributed by atoms with E-state index in [4.69, 9.17) is 9.57 Å². The Balaban J connectivity index is 1.83. The molecule has 0 aromatic heterocycles. The summed E-state index contributed by atoms with van der Waals surface area (Å²) in [5.74, 6) is -0.994. The lowest BCUT2D eigenvalue weighted by atomic mass is 9.99. The molecule has 2 heterocycles. The lowest BCUT2D eigenvalue weighted by Crippen LogP contribution is -2.37. The number of allylic oxidation sites excluding steroid dienone is 4. The van der Waals surface area contributed by atoms with Gasteiger partial charge in [0, 0.05) is 25.6 Å². The van der Waals surface area contributed by atoms with Gasteiger partial charge in [0.05, 0.1) is 12.3 Å². The minimum Gasteiger partial charge on any atom is -0.508 e. The summed E-state index contributed by atoms with van der Waals surface area (Å²) in [7, 11) is 0. The van der Waals surface area contributed by atoms with Crippen molar-refractivity contribution in [3.8, 4) is 11.5 Å². The van der Waals surface area contributed by atoms with Crippen molar-refractivity contribution in [1.29, 1.82) is 0 Å². The highest BCUT2D eigenvalue weighted by atomic mass is 16.6. The second-order valence-corrected chi connectivity index (χ2v) is 8.79. The van der Waals surface area contributed by atoms with Gasteiger partial charge in [0.25, 0.3) is 5.91 Å². The molecular formula is C26H34N2O6. The molecule has 1 aromatic rings. The molecule has 0 aliphatic carbocycles. The zero-order valence-electron chi connectivity index (χ0n) is 19.7. The summed E-state index contributed by atoms with van der Waals surface area (Å²) in [6.45, 7) is 3.63. The van der Waals surface area contributed by atoms with E-state index < -0.39 is 5.97 Å². The van der Waals surface area contributed by atoms with Gasteiger partial charge in [0.1, 0.15) is 17.1 Å². The average Bonchev–Trinajstić information content (AvgIpc) is 2.81. The Morgan fingerprint density at radius 2 is 1.97 bits per heavy atom. The van der Waals surface area contributed by atoms with Crippen LogP contribution in [0.4, 0.5) is 0 Å². The summed E-state index contributed by atoms with van der Waals surface area (Å²) in [6.07, 6.45) is 13.4. The molecule has 1 unspecified atom stereocenters. The number of cyclic esters (lactones) is 1. The second kappa shape index (κ2) is 12.8. The number of nitrogens with zero attached hydrogens (tertiary/aromatic N) is 2. The van der Waals surface area contributed by atoms with Crippen molar-refractivity contribution in [1.82, 2.24) is 4.90 Å². The van der Waals surface area contributed by atoms with Crippen LogP contribution < -0.4 is 0 Å². The Labute approximate surface area is 200 Å². The topological polar surface area (TPSA) is 109 Å². The van der Waals surface area contributed by atoms with Crippen molar-refractivity contribution in [3.63, 3.8) is 0 Å². The number of phenols is 2. The number of piperidine rings is 1. The van der Waals surface area contributed by atoms with Crippen LogP contribution in [0.15, 0.2) is 41.6 Å². The van der Waals surface area contributed by atoms with Gasteiger partial charge in [-0.3, -0.25) is 4.79 Å². The summed E-state index contributed by atoms with van der Waals surface area (Å²) in [6, 6.07) is 2.51. The second-order valence-electron chi connectivity index (χ2n) is 8.79. The molecule has 0 spiro atoms. The number of likely N-dealkylation sites (tertiary alicyclic amines) is 1. The first-order valence-corrected chi connectivity index (χ1v) is 12.0. The van der Waals surface area contributed by atoms with E-state index >= 15 is 0 Å². The fraction of sp³-hybridized carbons (Fsp3) is 0.500. The van der Waals surface area contributed by atoms with Crippen LogP contribution in [0.2, 0.25) is 0 Å². The van der Waals surface area contributed by atoms with E-state index in [0.717, 1.165) is 51.3 Å². The number of aromatic hydroxyl groups is 2. The van der Waals surface area contributed by atoms with Crippen LogP contribution in [0.3, 0.4) is 0 Å². The third kappa shape index (κ3) is 7.64. The molecule has 8 heteroatoms. The molecule has 1 amide bonds. The highest BCUT2D eigenvalue weighted by Gasteiger charge is 2.21. The molecule has 2 aliphatic heterocycles. The lowest BCUT2D eigenvalue weighted by molar-refractivity contribution is -0.137. The fourth-order valence-electron chi connectivity index (χ4n) is 4.03. The van der Waals surface area contributed by atoms with Crippen molar-refractivity contribution < 1.29 is 29.4 Å². The summed E-state index contributed by atoms with van der Waals surface area (Å²) in [4.78, 5) is 32.3. The van der Waals surface area contributed by atoms with Crippen LogP contribution in [0, 0.1) is 5.92 Å². The highest BCUT2D eigenvalue weighted by Crippen LogP contribution is 2.29. The number of carbonyl (C=O) groups is 2. The Bertz CT molecular complexity index is 947. The monoisotopic (exact) mass is 470 g/mol. The molecule has 1 saturated heterocycles. The number of phenolic OH excluding ortho intramolecular Hbond substituents is 2. The van der Waals surface area contributed by atoms with E-state index in [1.54, 1.807) is 11.0 Å². The van der Waals surface area contributed by atoms with E-state index in [9.17, 15) is 19.8 Å². The lowest BCUT2D eigenvalue weighted by Gasteiger charge is -2.26. The number of amides is 1. The first-order chi connectivity index (χ1) is 16.4. The van der Waals surface area contributed by atoms with Crippen LogP contribution >= 0.6 is 0 Å². The van der Waals surface area contributed by atoms with Crippen molar-refractivity contribution in [2.75, 3.05) is 26.3 Å². The first kappa shape index (κ1) is 25.3. The maximum atomic E-state index is 12.7. The van der Waals surface area contributed by atoms with Crippen LogP contribution in [0.25, 0.3) is 0 Å². The third-order valence-electron chi connectivity index (χ3n) is 5.87. The Hall–Kier alpha value is -3.29. The summed E-state index contributed by atoms with van der Waals surface area (Å²) >= 11 is 0. The molecule has 3 rings (SSSR count). The smallest absolute Gasteiger partial charge is 0.342 e. The molecule has 0 radical (unpaired) electrons. The number of benzene rings is 1. The predicted molar refractivity (Wildman–Crippen MR) is 129 cm³/mol. The van der Waals surface area contributed by atoms with E-state index in [1.807, 2.05) is 6.08 Å². The number of hydrogen-bond donors (Lipinski definition) is 2. The number of esters is 1. The molecular weight excluding hydrogens is 436 g/mol. The van der Waals surface area contributed by atoms with Gasteiger partial charge in [0.15, 0.2) is 6.61 Å². The molecule has 1 fully saturated rings. The van der Waals surface area contributed by atoms with Crippen molar-refractivity contribution >= 4 is 17.6 Å². The normalized spacial score (nSPS) is 21.3. The van der Waals surface area contributed by atoms with Gasteiger partial charge in [-0.05, 0) is 62.1 Å². The Morgan fingerprint density at radius 1 is 1.18 bits per heavy atom. The number of oxime groups is 1. The number of rotatable bonds is 3. The summed E-state index contributed by atoms with van der Waals surface area (Å²) in [5.41, 5.74) is 0.802. The average molecular weight is 471 g/mol. The molecule has 184 valence electrons. The summed E-state index contributed by atoms with van der Waals surface area (Å²) in [5, 5.41) is 24.5. The zero-order chi connectivity index (χ0) is 24.3. The van der Waals surface area contributed by atoms with Crippen LogP contribution in [-0.4, -0.2) is 59.0 Å². The van der Waals surface area contributed by atoms with Crippen LogP contribution in [0.5, 0.6) is 11.5 Å². The molecule has 0 saturated carbocycles. The fourth-order valence-corrected chi connectivity index (χ4v) is 4.03. The number of ether oxygens (including phenoxy) is 1. The van der Waals surface area contributed by atoms with Gasteiger partial charge in [-0.1, -0.05) is 30.3 Å².